The Morgan fingerprint density at radius 1 is 1.33 bits per heavy atom. The summed E-state index contributed by atoms with van der Waals surface area (Å²) in [4.78, 5) is 11.6. The fraction of sp³-hybridized carbons (Fsp3) is 0.500. The minimum atomic E-state index is -1.09. The Labute approximate surface area is 106 Å². The lowest BCUT2D eigenvalue weighted by atomic mass is 9.69. The molecule has 1 aliphatic rings. The topological polar surface area (TPSA) is 46.5 Å². The maximum atomic E-state index is 14.0. The predicted molar refractivity (Wildman–Crippen MR) is 65.4 cm³/mol. The van der Waals surface area contributed by atoms with Crippen molar-refractivity contribution in [3.8, 4) is 5.75 Å². The van der Waals surface area contributed by atoms with Gasteiger partial charge in [0.25, 0.3) is 0 Å². The van der Waals surface area contributed by atoms with E-state index in [1.165, 1.54) is 25.3 Å². The molecule has 0 aromatic heterocycles. The van der Waals surface area contributed by atoms with Gasteiger partial charge in [-0.25, -0.2) is 4.39 Å². The molecule has 0 aliphatic heterocycles. The molecule has 1 saturated carbocycles. The first-order valence-corrected chi connectivity index (χ1v) is 6.17. The van der Waals surface area contributed by atoms with Gasteiger partial charge in [-0.1, -0.05) is 19.3 Å². The minimum Gasteiger partial charge on any atom is -0.497 e. The maximum absolute atomic E-state index is 14.0. The molecule has 0 atom stereocenters. The highest BCUT2D eigenvalue weighted by Crippen LogP contribution is 2.41. The van der Waals surface area contributed by atoms with Gasteiger partial charge in [-0.05, 0) is 31.0 Å². The summed E-state index contributed by atoms with van der Waals surface area (Å²) in [6.07, 6.45) is 3.64. The monoisotopic (exact) mass is 252 g/mol. The van der Waals surface area contributed by atoms with Crippen LogP contribution >= 0.6 is 0 Å². The molecule has 1 aromatic carbocycles. The van der Waals surface area contributed by atoms with Gasteiger partial charge in [-0.2, -0.15) is 0 Å². The number of carbonyl (C=O) groups is 1. The minimum absolute atomic E-state index is 0.258. The molecule has 0 unspecified atom stereocenters. The standard InChI is InChI=1S/C14H17FO3/c1-18-10-5-6-12(15)11(9-10)14(13(16)17)7-3-2-4-8-14/h5-6,9H,2-4,7-8H2,1H3,(H,16,17). The number of benzene rings is 1. The second-order valence-electron chi connectivity index (χ2n) is 4.79. The summed E-state index contributed by atoms with van der Waals surface area (Å²) in [5.74, 6) is -0.896. The summed E-state index contributed by atoms with van der Waals surface area (Å²) < 4.78 is 19.0. The number of rotatable bonds is 3. The van der Waals surface area contributed by atoms with Crippen LogP contribution in [0.4, 0.5) is 4.39 Å². The van der Waals surface area contributed by atoms with E-state index in [2.05, 4.69) is 0 Å². The quantitative estimate of drug-likeness (QED) is 0.899. The van der Waals surface area contributed by atoms with Crippen molar-refractivity contribution >= 4 is 5.97 Å². The van der Waals surface area contributed by atoms with Crippen LogP contribution in [0.3, 0.4) is 0 Å². The van der Waals surface area contributed by atoms with Crippen molar-refractivity contribution in [2.24, 2.45) is 0 Å². The lowest BCUT2D eigenvalue weighted by molar-refractivity contribution is -0.145. The summed E-state index contributed by atoms with van der Waals surface area (Å²) in [5, 5.41) is 9.52. The summed E-state index contributed by atoms with van der Waals surface area (Å²) in [6, 6.07) is 4.32. The zero-order valence-corrected chi connectivity index (χ0v) is 10.4. The number of carboxylic acid groups (broad SMARTS) is 1. The Morgan fingerprint density at radius 3 is 2.56 bits per heavy atom. The maximum Gasteiger partial charge on any atom is 0.314 e. The smallest absolute Gasteiger partial charge is 0.314 e. The summed E-state index contributed by atoms with van der Waals surface area (Å²) in [7, 11) is 1.49. The average Bonchev–Trinajstić information content (AvgIpc) is 2.40. The van der Waals surface area contributed by atoms with E-state index in [9.17, 15) is 14.3 Å². The van der Waals surface area contributed by atoms with Crippen molar-refractivity contribution in [2.75, 3.05) is 7.11 Å². The van der Waals surface area contributed by atoms with E-state index in [-0.39, 0.29) is 5.56 Å². The van der Waals surface area contributed by atoms with E-state index >= 15 is 0 Å². The van der Waals surface area contributed by atoms with E-state index in [1.54, 1.807) is 0 Å². The molecular weight excluding hydrogens is 235 g/mol. The van der Waals surface area contributed by atoms with Crippen LogP contribution in [-0.2, 0) is 10.2 Å². The van der Waals surface area contributed by atoms with Crippen LogP contribution in [0.1, 0.15) is 37.7 Å². The SMILES string of the molecule is COc1ccc(F)c(C2(C(=O)O)CCCCC2)c1. The molecular formula is C14H17FO3. The van der Waals surface area contributed by atoms with Gasteiger partial charge in [0, 0.05) is 5.56 Å². The molecule has 0 radical (unpaired) electrons. The zero-order chi connectivity index (χ0) is 13.2. The van der Waals surface area contributed by atoms with Crippen molar-refractivity contribution in [2.45, 2.75) is 37.5 Å². The molecule has 0 bridgehead atoms. The van der Waals surface area contributed by atoms with Crippen LogP contribution in [0.25, 0.3) is 0 Å². The summed E-state index contributed by atoms with van der Waals surface area (Å²) >= 11 is 0. The molecule has 0 heterocycles. The Hall–Kier alpha value is -1.58. The third kappa shape index (κ3) is 2.07. The van der Waals surface area contributed by atoms with Gasteiger partial charge in [0.05, 0.1) is 12.5 Å². The molecule has 3 nitrogen and oxygen atoms in total. The molecule has 1 aliphatic carbocycles. The molecule has 18 heavy (non-hydrogen) atoms. The first-order chi connectivity index (χ1) is 8.60. The second-order valence-corrected chi connectivity index (χ2v) is 4.79. The van der Waals surface area contributed by atoms with Gasteiger partial charge in [0.2, 0.25) is 0 Å². The number of hydrogen-bond donors (Lipinski definition) is 1. The predicted octanol–water partition coefficient (Wildman–Crippen LogP) is 3.12. The van der Waals surface area contributed by atoms with Gasteiger partial charge < -0.3 is 9.84 Å². The average molecular weight is 252 g/mol. The van der Waals surface area contributed by atoms with Crippen molar-refractivity contribution < 1.29 is 19.0 Å². The zero-order valence-electron chi connectivity index (χ0n) is 10.4. The van der Waals surface area contributed by atoms with E-state index in [0.29, 0.717) is 18.6 Å². The van der Waals surface area contributed by atoms with Gasteiger partial charge in [0.1, 0.15) is 11.6 Å². The number of halogens is 1. The highest BCUT2D eigenvalue weighted by atomic mass is 19.1. The first kappa shape index (κ1) is 12.9. The van der Waals surface area contributed by atoms with Crippen LogP contribution in [-0.4, -0.2) is 18.2 Å². The lowest BCUT2D eigenvalue weighted by Gasteiger charge is -2.34. The molecule has 1 aromatic rings. The Balaban J connectivity index is 2.51. The Morgan fingerprint density at radius 2 is 2.00 bits per heavy atom. The van der Waals surface area contributed by atoms with E-state index in [4.69, 9.17) is 4.74 Å². The van der Waals surface area contributed by atoms with Crippen LogP contribution in [0.2, 0.25) is 0 Å². The molecule has 1 fully saturated rings. The highest BCUT2D eigenvalue weighted by Gasteiger charge is 2.43. The van der Waals surface area contributed by atoms with Gasteiger partial charge in [0.15, 0.2) is 0 Å². The molecule has 0 saturated heterocycles. The van der Waals surface area contributed by atoms with Crippen LogP contribution in [0.5, 0.6) is 5.75 Å². The molecule has 98 valence electrons. The molecule has 0 amide bonds. The van der Waals surface area contributed by atoms with E-state index in [0.717, 1.165) is 19.3 Å². The fourth-order valence-corrected chi connectivity index (χ4v) is 2.75. The number of carboxylic acids is 1. The lowest BCUT2D eigenvalue weighted by Crippen LogP contribution is -2.38. The number of methoxy groups -OCH3 is 1. The first-order valence-electron chi connectivity index (χ1n) is 6.17. The number of ether oxygens (including phenoxy) is 1. The van der Waals surface area contributed by atoms with Crippen molar-refractivity contribution in [1.82, 2.24) is 0 Å². The summed E-state index contributed by atoms with van der Waals surface area (Å²) in [5.41, 5.74) is -0.828. The second kappa shape index (κ2) is 4.96. The third-order valence-corrected chi connectivity index (χ3v) is 3.81. The Kier molecular flexibility index (Phi) is 3.55. The van der Waals surface area contributed by atoms with E-state index < -0.39 is 17.2 Å². The van der Waals surface area contributed by atoms with Gasteiger partial charge in [-0.15, -0.1) is 0 Å². The summed E-state index contributed by atoms with van der Waals surface area (Å²) in [6.45, 7) is 0. The van der Waals surface area contributed by atoms with Crippen molar-refractivity contribution in [3.63, 3.8) is 0 Å². The molecule has 0 spiro atoms. The molecule has 1 N–H and O–H groups in total. The van der Waals surface area contributed by atoms with Crippen LogP contribution < -0.4 is 4.74 Å². The van der Waals surface area contributed by atoms with Crippen LogP contribution in [0.15, 0.2) is 18.2 Å². The normalized spacial score (nSPS) is 18.3. The van der Waals surface area contributed by atoms with Crippen molar-refractivity contribution in [3.05, 3.63) is 29.6 Å². The molecule has 4 heteroatoms. The van der Waals surface area contributed by atoms with Crippen LogP contribution in [0, 0.1) is 5.82 Å². The van der Waals surface area contributed by atoms with E-state index in [1.807, 2.05) is 0 Å². The largest absolute Gasteiger partial charge is 0.497 e. The third-order valence-electron chi connectivity index (χ3n) is 3.81. The Bertz CT molecular complexity index is 450. The molecule has 2 rings (SSSR count). The number of hydrogen-bond acceptors (Lipinski definition) is 2. The van der Waals surface area contributed by atoms with Gasteiger partial charge >= 0.3 is 5.97 Å². The number of aliphatic carboxylic acids is 1. The van der Waals surface area contributed by atoms with Crippen molar-refractivity contribution in [1.29, 1.82) is 0 Å². The highest BCUT2D eigenvalue weighted by molar-refractivity contribution is 5.81. The van der Waals surface area contributed by atoms with Gasteiger partial charge in [-0.3, -0.25) is 4.79 Å². The fourth-order valence-electron chi connectivity index (χ4n) is 2.75.